The van der Waals surface area contributed by atoms with Gasteiger partial charge in [-0.3, -0.25) is 0 Å². The number of carboxylic acid groups (broad SMARTS) is 1. The van der Waals surface area contributed by atoms with Crippen LogP contribution in [0.5, 0.6) is 0 Å². The normalized spacial score (nSPS) is 11.4. The molecule has 0 aliphatic carbocycles. The third-order valence-corrected chi connectivity index (χ3v) is 5.61. The Morgan fingerprint density at radius 2 is 1.84 bits per heavy atom. The van der Waals surface area contributed by atoms with Gasteiger partial charge in [0.15, 0.2) is 9.84 Å². The van der Waals surface area contributed by atoms with Crippen molar-refractivity contribution < 1.29 is 18.3 Å². The smallest absolute Gasteiger partial charge is 0.346 e. The monoisotopic (exact) mass is 360 g/mol. The number of rotatable bonds is 4. The fraction of sp³-hybridized carbons (Fsp3) is 0.0833. The van der Waals surface area contributed by atoms with E-state index in [1.807, 2.05) is 0 Å². The van der Waals surface area contributed by atoms with Gasteiger partial charge in [0.05, 0.1) is 10.6 Å². The predicted molar refractivity (Wildman–Crippen MR) is 76.3 cm³/mol. The molecule has 0 saturated heterocycles. The van der Waals surface area contributed by atoms with E-state index in [0.717, 1.165) is 15.8 Å². The molecule has 2 rings (SSSR count). The van der Waals surface area contributed by atoms with Crippen molar-refractivity contribution in [1.82, 2.24) is 0 Å². The summed E-state index contributed by atoms with van der Waals surface area (Å²) in [5.41, 5.74) is 0.320. The van der Waals surface area contributed by atoms with Gasteiger partial charge in [-0.05, 0) is 41.3 Å². The standard InChI is InChI=1S/C12H9BrO4S2/c13-9-1-3-10(4-2-9)19(16,17)7-8-5-6-18-11(8)12(14)15/h1-6H,7H2,(H,14,15). The molecule has 1 aromatic carbocycles. The van der Waals surface area contributed by atoms with Crippen molar-refractivity contribution in [3.05, 3.63) is 50.6 Å². The molecule has 100 valence electrons. The Morgan fingerprint density at radius 3 is 2.42 bits per heavy atom. The van der Waals surface area contributed by atoms with Gasteiger partial charge in [0, 0.05) is 4.47 Å². The van der Waals surface area contributed by atoms with Crippen LogP contribution in [0.2, 0.25) is 0 Å². The van der Waals surface area contributed by atoms with Crippen LogP contribution in [0, 0.1) is 0 Å². The highest BCUT2D eigenvalue weighted by Gasteiger charge is 2.20. The zero-order valence-electron chi connectivity index (χ0n) is 9.54. The van der Waals surface area contributed by atoms with Crippen molar-refractivity contribution >= 4 is 43.1 Å². The molecule has 0 amide bonds. The van der Waals surface area contributed by atoms with E-state index in [9.17, 15) is 13.2 Å². The summed E-state index contributed by atoms with van der Waals surface area (Å²) >= 11 is 4.26. The number of carbonyl (C=O) groups is 1. The van der Waals surface area contributed by atoms with Crippen LogP contribution in [-0.4, -0.2) is 19.5 Å². The molecule has 1 N–H and O–H groups in total. The van der Waals surface area contributed by atoms with Crippen molar-refractivity contribution in [2.45, 2.75) is 10.6 Å². The van der Waals surface area contributed by atoms with Crippen molar-refractivity contribution in [2.75, 3.05) is 0 Å². The first kappa shape index (κ1) is 14.2. The first-order valence-corrected chi connectivity index (χ1v) is 8.50. The summed E-state index contributed by atoms with van der Waals surface area (Å²) in [6, 6.07) is 7.79. The fourth-order valence-electron chi connectivity index (χ4n) is 1.57. The highest BCUT2D eigenvalue weighted by Crippen LogP contribution is 2.23. The van der Waals surface area contributed by atoms with Crippen molar-refractivity contribution in [2.24, 2.45) is 0 Å². The Bertz CT molecular complexity index is 702. The molecule has 0 fully saturated rings. The Morgan fingerprint density at radius 1 is 1.21 bits per heavy atom. The maximum absolute atomic E-state index is 12.2. The Hall–Kier alpha value is -1.18. The van der Waals surface area contributed by atoms with E-state index in [4.69, 9.17) is 5.11 Å². The molecule has 0 aliphatic heterocycles. The lowest BCUT2D eigenvalue weighted by Crippen LogP contribution is -2.07. The maximum atomic E-state index is 12.2. The molecule has 19 heavy (non-hydrogen) atoms. The van der Waals surface area contributed by atoms with Gasteiger partial charge < -0.3 is 5.11 Å². The number of carboxylic acids is 1. The SMILES string of the molecule is O=C(O)c1sccc1CS(=O)(=O)c1ccc(Br)cc1. The average molecular weight is 361 g/mol. The number of hydrogen-bond donors (Lipinski definition) is 1. The summed E-state index contributed by atoms with van der Waals surface area (Å²) < 4.78 is 25.1. The molecule has 1 heterocycles. The van der Waals surface area contributed by atoms with Crippen LogP contribution in [-0.2, 0) is 15.6 Å². The average Bonchev–Trinajstić information content (AvgIpc) is 2.77. The number of hydrogen-bond acceptors (Lipinski definition) is 4. The second-order valence-corrected chi connectivity index (χ2v) is 7.61. The zero-order chi connectivity index (χ0) is 14.0. The van der Waals surface area contributed by atoms with E-state index in [1.54, 1.807) is 17.5 Å². The lowest BCUT2D eigenvalue weighted by atomic mass is 10.3. The highest BCUT2D eigenvalue weighted by atomic mass is 79.9. The van der Waals surface area contributed by atoms with Crippen LogP contribution < -0.4 is 0 Å². The first-order valence-electron chi connectivity index (χ1n) is 5.18. The molecule has 0 bridgehead atoms. The largest absolute Gasteiger partial charge is 0.477 e. The van der Waals surface area contributed by atoms with E-state index in [-0.39, 0.29) is 15.5 Å². The number of benzene rings is 1. The second kappa shape index (κ2) is 5.44. The summed E-state index contributed by atoms with van der Waals surface area (Å²) in [5.74, 6) is -1.41. The fourth-order valence-corrected chi connectivity index (χ4v) is 4.05. The highest BCUT2D eigenvalue weighted by molar-refractivity contribution is 9.10. The summed E-state index contributed by atoms with van der Waals surface area (Å²) in [7, 11) is -3.53. The van der Waals surface area contributed by atoms with E-state index in [2.05, 4.69) is 15.9 Å². The lowest BCUT2D eigenvalue weighted by Gasteiger charge is -2.04. The number of sulfone groups is 1. The summed E-state index contributed by atoms with van der Waals surface area (Å²) in [5, 5.41) is 10.5. The Labute approximate surface area is 122 Å². The molecule has 1 aromatic heterocycles. The molecule has 4 nitrogen and oxygen atoms in total. The molecule has 0 spiro atoms. The van der Waals surface area contributed by atoms with Crippen LogP contribution >= 0.6 is 27.3 Å². The Kier molecular flexibility index (Phi) is 4.07. The maximum Gasteiger partial charge on any atom is 0.346 e. The van der Waals surface area contributed by atoms with Gasteiger partial charge in [0.2, 0.25) is 0 Å². The molecular formula is C12H9BrO4S2. The predicted octanol–water partition coefficient (Wildman–Crippen LogP) is 3.18. The third kappa shape index (κ3) is 3.23. The van der Waals surface area contributed by atoms with Gasteiger partial charge in [-0.1, -0.05) is 15.9 Å². The van der Waals surface area contributed by atoms with Gasteiger partial charge in [0.1, 0.15) is 4.88 Å². The molecule has 0 atom stereocenters. The lowest BCUT2D eigenvalue weighted by molar-refractivity contribution is 0.0701. The van der Waals surface area contributed by atoms with Crippen LogP contribution in [0.15, 0.2) is 45.1 Å². The second-order valence-electron chi connectivity index (χ2n) is 3.79. The minimum atomic E-state index is -3.53. The molecule has 0 saturated carbocycles. The number of thiophene rings is 1. The van der Waals surface area contributed by atoms with Gasteiger partial charge in [-0.15, -0.1) is 11.3 Å². The van der Waals surface area contributed by atoms with Crippen LogP contribution in [0.1, 0.15) is 15.2 Å². The zero-order valence-corrected chi connectivity index (χ0v) is 12.8. The minimum absolute atomic E-state index is 0.0701. The van der Waals surface area contributed by atoms with E-state index in [1.165, 1.54) is 18.2 Å². The Balaban J connectivity index is 2.34. The number of halogens is 1. The van der Waals surface area contributed by atoms with Crippen molar-refractivity contribution in [3.63, 3.8) is 0 Å². The van der Waals surface area contributed by atoms with Gasteiger partial charge >= 0.3 is 5.97 Å². The van der Waals surface area contributed by atoms with Gasteiger partial charge in [0.25, 0.3) is 0 Å². The third-order valence-electron chi connectivity index (χ3n) is 2.46. The van der Waals surface area contributed by atoms with Gasteiger partial charge in [-0.2, -0.15) is 0 Å². The number of aromatic carboxylic acids is 1. The van der Waals surface area contributed by atoms with E-state index < -0.39 is 15.8 Å². The van der Waals surface area contributed by atoms with Crippen LogP contribution in [0.3, 0.4) is 0 Å². The van der Waals surface area contributed by atoms with Crippen molar-refractivity contribution in [1.29, 1.82) is 0 Å². The van der Waals surface area contributed by atoms with E-state index in [0.29, 0.717) is 5.56 Å². The molecule has 2 aromatic rings. The van der Waals surface area contributed by atoms with E-state index >= 15 is 0 Å². The molecule has 0 radical (unpaired) electrons. The quantitative estimate of drug-likeness (QED) is 0.908. The molecular weight excluding hydrogens is 352 g/mol. The first-order chi connectivity index (χ1) is 8.90. The molecule has 7 heteroatoms. The van der Waals surface area contributed by atoms with Crippen molar-refractivity contribution in [3.8, 4) is 0 Å². The summed E-state index contributed by atoms with van der Waals surface area (Å²) in [6.45, 7) is 0. The molecule has 0 aliphatic rings. The van der Waals surface area contributed by atoms with Gasteiger partial charge in [-0.25, -0.2) is 13.2 Å². The topological polar surface area (TPSA) is 71.4 Å². The minimum Gasteiger partial charge on any atom is -0.477 e. The summed E-state index contributed by atoms with van der Waals surface area (Å²) in [6.07, 6.45) is 0. The molecule has 0 unspecified atom stereocenters. The summed E-state index contributed by atoms with van der Waals surface area (Å²) in [4.78, 5) is 11.2. The van der Waals surface area contributed by atoms with Crippen LogP contribution in [0.25, 0.3) is 0 Å². The van der Waals surface area contributed by atoms with Crippen LogP contribution in [0.4, 0.5) is 0 Å².